The molecule has 2 aromatic carbocycles. The van der Waals surface area contributed by atoms with E-state index in [0.717, 1.165) is 11.1 Å². The molecule has 0 aliphatic rings. The highest BCUT2D eigenvalue weighted by Crippen LogP contribution is 2.31. The van der Waals surface area contributed by atoms with Gasteiger partial charge in [0.15, 0.2) is 27.1 Å². The van der Waals surface area contributed by atoms with Gasteiger partial charge in [-0.15, -0.1) is 0 Å². The summed E-state index contributed by atoms with van der Waals surface area (Å²) in [4.78, 5) is 4.44. The van der Waals surface area contributed by atoms with Crippen molar-refractivity contribution in [2.75, 3.05) is 14.2 Å². The summed E-state index contributed by atoms with van der Waals surface area (Å²) in [5.41, 5.74) is 1.93. The normalized spacial score (nSPS) is 11.5. The third-order valence-electron chi connectivity index (χ3n) is 4.65. The van der Waals surface area contributed by atoms with Crippen LogP contribution in [0.1, 0.15) is 11.3 Å². The van der Waals surface area contributed by atoms with Gasteiger partial charge in [-0.1, -0.05) is 35.0 Å². The molecule has 9 heteroatoms. The van der Waals surface area contributed by atoms with E-state index in [4.69, 9.17) is 18.4 Å². The molecular formula is C22H20N2O6S. The van der Waals surface area contributed by atoms with E-state index in [1.807, 2.05) is 31.2 Å². The Morgan fingerprint density at radius 3 is 2.39 bits per heavy atom. The fourth-order valence-electron chi connectivity index (χ4n) is 2.99. The highest BCUT2D eigenvalue weighted by molar-refractivity contribution is 7.90. The Morgan fingerprint density at radius 1 is 0.935 bits per heavy atom. The molecular weight excluding hydrogens is 420 g/mol. The summed E-state index contributed by atoms with van der Waals surface area (Å²) in [6.45, 7) is 1.99. The molecule has 0 unspecified atom stereocenters. The van der Waals surface area contributed by atoms with Crippen molar-refractivity contribution in [3.63, 3.8) is 0 Å². The van der Waals surface area contributed by atoms with Crippen LogP contribution < -0.4 is 9.47 Å². The lowest BCUT2D eigenvalue weighted by Crippen LogP contribution is -2.05. The van der Waals surface area contributed by atoms with E-state index in [2.05, 4.69) is 10.1 Å². The zero-order chi connectivity index (χ0) is 22.0. The summed E-state index contributed by atoms with van der Waals surface area (Å²) in [5.74, 6) is 1.58. The summed E-state index contributed by atoms with van der Waals surface area (Å²) in [6.07, 6.45) is 0. The molecule has 2 heterocycles. The number of hydrogen-bond donors (Lipinski definition) is 0. The van der Waals surface area contributed by atoms with Gasteiger partial charge in [0.05, 0.1) is 19.1 Å². The highest BCUT2D eigenvalue weighted by atomic mass is 32.2. The molecule has 0 fully saturated rings. The number of aromatic nitrogens is 2. The predicted octanol–water partition coefficient (Wildman–Crippen LogP) is 4.30. The van der Waals surface area contributed by atoms with Gasteiger partial charge in [-0.3, -0.25) is 0 Å². The maximum Gasteiger partial charge on any atom is 0.293 e. The second kappa shape index (κ2) is 8.27. The standard InChI is InChI=1S/C22H20N2O6S/c1-14-4-6-15(7-5-14)21-23-22(30-24-21)19-10-8-16(29-19)13-31(25,26)17-9-11-18(27-2)20(12-17)28-3/h4-12H,13H2,1-3H3. The van der Waals surface area contributed by atoms with Crippen LogP contribution in [0.3, 0.4) is 0 Å². The van der Waals surface area contributed by atoms with E-state index < -0.39 is 9.84 Å². The molecule has 0 spiro atoms. The Morgan fingerprint density at radius 2 is 1.68 bits per heavy atom. The average Bonchev–Trinajstić information content (AvgIpc) is 3.43. The molecule has 2 aromatic heterocycles. The molecule has 0 bridgehead atoms. The van der Waals surface area contributed by atoms with Gasteiger partial charge >= 0.3 is 0 Å². The number of methoxy groups -OCH3 is 2. The number of aryl methyl sites for hydroxylation is 1. The molecule has 0 atom stereocenters. The first-order valence-electron chi connectivity index (χ1n) is 9.34. The number of hydrogen-bond acceptors (Lipinski definition) is 8. The second-order valence-electron chi connectivity index (χ2n) is 6.83. The van der Waals surface area contributed by atoms with E-state index >= 15 is 0 Å². The lowest BCUT2D eigenvalue weighted by Gasteiger charge is -2.09. The first-order valence-corrected chi connectivity index (χ1v) is 11.0. The number of rotatable bonds is 7. The van der Waals surface area contributed by atoms with Gasteiger partial charge < -0.3 is 18.4 Å². The van der Waals surface area contributed by atoms with Gasteiger partial charge in [0, 0.05) is 11.6 Å². The van der Waals surface area contributed by atoms with Gasteiger partial charge in [-0.25, -0.2) is 8.42 Å². The third kappa shape index (κ3) is 4.31. The van der Waals surface area contributed by atoms with Crippen molar-refractivity contribution in [1.29, 1.82) is 0 Å². The molecule has 0 amide bonds. The van der Waals surface area contributed by atoms with E-state index in [0.29, 0.717) is 23.1 Å². The average molecular weight is 440 g/mol. The molecule has 0 radical (unpaired) electrons. The lowest BCUT2D eigenvalue weighted by molar-refractivity contribution is 0.354. The molecule has 4 rings (SSSR count). The van der Waals surface area contributed by atoms with E-state index in [9.17, 15) is 8.42 Å². The van der Waals surface area contributed by atoms with E-state index in [1.54, 1.807) is 18.2 Å². The summed E-state index contributed by atoms with van der Waals surface area (Å²) in [5, 5.41) is 3.97. The van der Waals surface area contributed by atoms with E-state index in [1.165, 1.54) is 26.4 Å². The van der Waals surface area contributed by atoms with Crippen molar-refractivity contribution in [1.82, 2.24) is 10.1 Å². The van der Waals surface area contributed by atoms with Gasteiger partial charge in [0.25, 0.3) is 5.89 Å². The lowest BCUT2D eigenvalue weighted by atomic mass is 10.1. The molecule has 8 nitrogen and oxygen atoms in total. The largest absolute Gasteiger partial charge is 0.493 e. The summed E-state index contributed by atoms with van der Waals surface area (Å²) in [7, 11) is -0.747. The monoisotopic (exact) mass is 440 g/mol. The highest BCUT2D eigenvalue weighted by Gasteiger charge is 2.21. The predicted molar refractivity (Wildman–Crippen MR) is 113 cm³/mol. The Kier molecular flexibility index (Phi) is 5.51. The maximum absolute atomic E-state index is 12.8. The summed E-state index contributed by atoms with van der Waals surface area (Å²) in [6, 6.07) is 15.3. The zero-order valence-electron chi connectivity index (χ0n) is 17.2. The molecule has 0 N–H and O–H groups in total. The molecule has 0 aliphatic carbocycles. The van der Waals surface area contributed by atoms with E-state index in [-0.39, 0.29) is 22.3 Å². The minimum absolute atomic E-state index is 0.0996. The molecule has 0 saturated heterocycles. The molecule has 160 valence electrons. The van der Waals surface area contributed by atoms with Gasteiger partial charge in [-0.2, -0.15) is 4.98 Å². The Hall–Kier alpha value is -3.59. The van der Waals surface area contributed by atoms with Crippen LogP contribution in [0.2, 0.25) is 0 Å². The van der Waals surface area contributed by atoms with Crippen LogP contribution in [0.5, 0.6) is 11.5 Å². The van der Waals surface area contributed by atoms with Crippen LogP contribution in [-0.2, 0) is 15.6 Å². The minimum Gasteiger partial charge on any atom is -0.493 e. The van der Waals surface area contributed by atoms with Crippen molar-refractivity contribution >= 4 is 9.84 Å². The quantitative estimate of drug-likeness (QED) is 0.419. The first-order chi connectivity index (χ1) is 14.9. The van der Waals surface area contributed by atoms with Crippen molar-refractivity contribution in [2.24, 2.45) is 0 Å². The number of furan rings is 1. The number of nitrogens with zero attached hydrogens (tertiary/aromatic N) is 2. The Bertz CT molecular complexity index is 1310. The molecule has 0 saturated carbocycles. The van der Waals surface area contributed by atoms with Gasteiger partial charge in [0.2, 0.25) is 5.82 Å². The second-order valence-corrected chi connectivity index (χ2v) is 8.82. The SMILES string of the molecule is COc1ccc(S(=O)(=O)Cc2ccc(-c3nc(-c4ccc(C)cc4)no3)o2)cc1OC. The van der Waals surface area contributed by atoms with Crippen LogP contribution in [0.15, 0.2) is 68.4 Å². The van der Waals surface area contributed by atoms with Crippen LogP contribution in [0.25, 0.3) is 23.0 Å². The topological polar surface area (TPSA) is 105 Å². The summed E-state index contributed by atoms with van der Waals surface area (Å²) >= 11 is 0. The van der Waals surface area contributed by atoms with Crippen molar-refractivity contribution < 1.29 is 26.8 Å². The maximum atomic E-state index is 12.8. The van der Waals surface area contributed by atoms with Crippen LogP contribution >= 0.6 is 0 Å². The number of benzene rings is 2. The van der Waals surface area contributed by atoms with Crippen molar-refractivity contribution in [2.45, 2.75) is 17.6 Å². The molecule has 31 heavy (non-hydrogen) atoms. The fourth-order valence-corrected chi connectivity index (χ4v) is 4.25. The minimum atomic E-state index is -3.68. The van der Waals surface area contributed by atoms with Crippen molar-refractivity contribution in [3.8, 4) is 34.5 Å². The molecule has 0 aliphatic heterocycles. The number of ether oxygens (including phenoxy) is 2. The van der Waals surface area contributed by atoms with Gasteiger partial charge in [-0.05, 0) is 31.2 Å². The number of sulfone groups is 1. The van der Waals surface area contributed by atoms with Gasteiger partial charge in [0.1, 0.15) is 11.5 Å². The Labute approximate surface area is 179 Å². The van der Waals surface area contributed by atoms with Crippen LogP contribution in [0, 0.1) is 6.92 Å². The Balaban J connectivity index is 1.55. The summed E-state index contributed by atoms with van der Waals surface area (Å²) < 4.78 is 46.9. The van der Waals surface area contributed by atoms with Crippen LogP contribution in [0.4, 0.5) is 0 Å². The van der Waals surface area contributed by atoms with Crippen molar-refractivity contribution in [3.05, 3.63) is 65.9 Å². The fraction of sp³-hybridized carbons (Fsp3) is 0.182. The third-order valence-corrected chi connectivity index (χ3v) is 6.29. The zero-order valence-corrected chi connectivity index (χ0v) is 18.0. The molecule has 4 aromatic rings. The smallest absolute Gasteiger partial charge is 0.293 e. The first kappa shape index (κ1) is 20.7. The van der Waals surface area contributed by atoms with Crippen LogP contribution in [-0.4, -0.2) is 32.8 Å².